The molecular weight excluding hydrogens is 304 g/mol. The summed E-state index contributed by atoms with van der Waals surface area (Å²) >= 11 is 0. The van der Waals surface area contributed by atoms with Crippen molar-refractivity contribution in [3.63, 3.8) is 0 Å². The summed E-state index contributed by atoms with van der Waals surface area (Å²) in [5, 5.41) is 0. The number of methoxy groups -OCH3 is 2. The summed E-state index contributed by atoms with van der Waals surface area (Å²) in [6.45, 7) is 4.56. The van der Waals surface area contributed by atoms with E-state index >= 15 is 0 Å². The van der Waals surface area contributed by atoms with E-state index in [0.29, 0.717) is 24.7 Å². The molecule has 4 heteroatoms. The fraction of sp³-hybridized carbons (Fsp3) is 0.200. The highest BCUT2D eigenvalue weighted by atomic mass is 16.5. The van der Waals surface area contributed by atoms with Gasteiger partial charge in [-0.1, -0.05) is 30.9 Å². The maximum Gasteiger partial charge on any atom is 0.161 e. The Balaban J connectivity index is 1.91. The minimum absolute atomic E-state index is 0.458. The molecule has 0 N–H and O–H groups in total. The van der Waals surface area contributed by atoms with Gasteiger partial charge in [-0.3, -0.25) is 0 Å². The van der Waals surface area contributed by atoms with Crippen molar-refractivity contribution in [2.45, 2.75) is 0 Å². The van der Waals surface area contributed by atoms with Gasteiger partial charge in [-0.05, 0) is 35.9 Å². The summed E-state index contributed by atoms with van der Waals surface area (Å²) in [4.78, 5) is 0. The van der Waals surface area contributed by atoms with Gasteiger partial charge in [0, 0.05) is 6.07 Å². The first kappa shape index (κ1) is 17.5. The number of benzene rings is 2. The van der Waals surface area contributed by atoms with E-state index in [1.54, 1.807) is 20.3 Å². The van der Waals surface area contributed by atoms with Gasteiger partial charge < -0.3 is 18.9 Å². The first-order chi connectivity index (χ1) is 11.8. The highest BCUT2D eigenvalue weighted by Crippen LogP contribution is 2.28. The molecule has 0 saturated heterocycles. The number of ether oxygens (including phenoxy) is 4. The summed E-state index contributed by atoms with van der Waals surface area (Å²) in [6, 6.07) is 13.3. The van der Waals surface area contributed by atoms with Gasteiger partial charge in [0.1, 0.15) is 24.7 Å². The lowest BCUT2D eigenvalue weighted by Gasteiger charge is -2.08. The van der Waals surface area contributed by atoms with E-state index in [4.69, 9.17) is 18.9 Å². The molecule has 0 atom stereocenters. The Kier molecular flexibility index (Phi) is 6.77. The van der Waals surface area contributed by atoms with Crippen molar-refractivity contribution < 1.29 is 18.9 Å². The van der Waals surface area contributed by atoms with Crippen molar-refractivity contribution in [1.29, 1.82) is 0 Å². The van der Waals surface area contributed by atoms with Crippen molar-refractivity contribution in [1.82, 2.24) is 0 Å². The SMILES string of the molecule is C=CCOc1cccc(OC/C=C/c2ccc(OC)c(OC)c2)c1. The van der Waals surface area contributed by atoms with Crippen LogP contribution in [-0.4, -0.2) is 27.4 Å². The molecule has 4 nitrogen and oxygen atoms in total. The minimum atomic E-state index is 0.458. The molecule has 126 valence electrons. The molecule has 0 bridgehead atoms. The molecule has 0 aliphatic rings. The van der Waals surface area contributed by atoms with Crippen LogP contribution in [-0.2, 0) is 0 Å². The maximum absolute atomic E-state index is 5.70. The van der Waals surface area contributed by atoms with Crippen LogP contribution in [0.1, 0.15) is 5.56 Å². The average molecular weight is 326 g/mol. The van der Waals surface area contributed by atoms with E-state index < -0.39 is 0 Å². The summed E-state index contributed by atoms with van der Waals surface area (Å²) in [7, 11) is 3.24. The predicted octanol–water partition coefficient (Wildman–Crippen LogP) is 4.36. The fourth-order valence-electron chi connectivity index (χ4n) is 2.09. The molecule has 0 amide bonds. The zero-order valence-corrected chi connectivity index (χ0v) is 14.0. The van der Waals surface area contributed by atoms with Crippen LogP contribution in [0.4, 0.5) is 0 Å². The van der Waals surface area contributed by atoms with Crippen LogP contribution in [0.2, 0.25) is 0 Å². The third-order valence-electron chi connectivity index (χ3n) is 3.24. The monoisotopic (exact) mass is 326 g/mol. The smallest absolute Gasteiger partial charge is 0.161 e. The molecule has 0 unspecified atom stereocenters. The lowest BCUT2D eigenvalue weighted by atomic mass is 10.2. The maximum atomic E-state index is 5.70. The molecule has 0 fully saturated rings. The summed E-state index contributed by atoms with van der Waals surface area (Å²) in [5.74, 6) is 2.93. The summed E-state index contributed by atoms with van der Waals surface area (Å²) < 4.78 is 21.7. The van der Waals surface area contributed by atoms with Gasteiger partial charge >= 0.3 is 0 Å². The van der Waals surface area contributed by atoms with Crippen LogP contribution < -0.4 is 18.9 Å². The van der Waals surface area contributed by atoms with Crippen molar-refractivity contribution in [3.8, 4) is 23.0 Å². The van der Waals surface area contributed by atoms with Gasteiger partial charge in [0.25, 0.3) is 0 Å². The van der Waals surface area contributed by atoms with Crippen LogP contribution in [0.5, 0.6) is 23.0 Å². The van der Waals surface area contributed by atoms with E-state index in [9.17, 15) is 0 Å². The standard InChI is InChI=1S/C20H22O4/c1-4-12-23-17-8-5-9-18(15-17)24-13-6-7-16-10-11-19(21-2)20(14-16)22-3/h4-11,14-15H,1,12-13H2,2-3H3/b7-6+. The second-order valence-electron chi connectivity index (χ2n) is 4.90. The van der Waals surface area contributed by atoms with Crippen LogP contribution in [0.3, 0.4) is 0 Å². The first-order valence-electron chi connectivity index (χ1n) is 7.62. The minimum Gasteiger partial charge on any atom is -0.493 e. The summed E-state index contributed by atoms with van der Waals surface area (Å²) in [6.07, 6.45) is 5.62. The van der Waals surface area contributed by atoms with Crippen molar-refractivity contribution in [3.05, 3.63) is 66.8 Å². The molecule has 2 rings (SSSR count). The molecule has 0 aliphatic heterocycles. The van der Waals surface area contributed by atoms with E-state index in [0.717, 1.165) is 17.1 Å². The summed E-state index contributed by atoms with van der Waals surface area (Å²) in [5.41, 5.74) is 1.01. The molecule has 2 aromatic rings. The van der Waals surface area contributed by atoms with Gasteiger partial charge in [0.2, 0.25) is 0 Å². The normalized spacial score (nSPS) is 10.4. The van der Waals surface area contributed by atoms with Crippen LogP contribution in [0.25, 0.3) is 6.08 Å². The third kappa shape index (κ3) is 5.09. The fourth-order valence-corrected chi connectivity index (χ4v) is 2.09. The molecule has 0 aliphatic carbocycles. The van der Waals surface area contributed by atoms with E-state index in [2.05, 4.69) is 6.58 Å². The molecule has 0 saturated carbocycles. The van der Waals surface area contributed by atoms with Crippen LogP contribution in [0, 0.1) is 0 Å². The molecule has 24 heavy (non-hydrogen) atoms. The van der Waals surface area contributed by atoms with Gasteiger partial charge in [-0.2, -0.15) is 0 Å². The Morgan fingerprint density at radius 2 is 1.58 bits per heavy atom. The highest BCUT2D eigenvalue weighted by Gasteiger charge is 2.02. The van der Waals surface area contributed by atoms with E-state index in [1.807, 2.05) is 54.6 Å². The van der Waals surface area contributed by atoms with Crippen LogP contribution in [0.15, 0.2) is 61.2 Å². The number of hydrogen-bond acceptors (Lipinski definition) is 4. The number of hydrogen-bond donors (Lipinski definition) is 0. The Hall–Kier alpha value is -2.88. The van der Waals surface area contributed by atoms with Gasteiger partial charge in [0.05, 0.1) is 14.2 Å². The second-order valence-corrected chi connectivity index (χ2v) is 4.90. The van der Waals surface area contributed by atoms with E-state index in [-0.39, 0.29) is 0 Å². The quantitative estimate of drug-likeness (QED) is 0.642. The Morgan fingerprint density at radius 1 is 0.875 bits per heavy atom. The Labute approximate surface area is 142 Å². The zero-order chi connectivity index (χ0) is 17.2. The lowest BCUT2D eigenvalue weighted by molar-refractivity contribution is 0.345. The van der Waals surface area contributed by atoms with Gasteiger partial charge in [0.15, 0.2) is 11.5 Å². The lowest BCUT2D eigenvalue weighted by Crippen LogP contribution is -1.96. The molecule has 0 heterocycles. The first-order valence-corrected chi connectivity index (χ1v) is 7.62. The molecule has 0 spiro atoms. The van der Waals surface area contributed by atoms with Crippen molar-refractivity contribution in [2.24, 2.45) is 0 Å². The number of rotatable bonds is 9. The average Bonchev–Trinajstić information content (AvgIpc) is 2.63. The molecule has 0 radical (unpaired) electrons. The van der Waals surface area contributed by atoms with Crippen molar-refractivity contribution in [2.75, 3.05) is 27.4 Å². The molecule has 0 aromatic heterocycles. The van der Waals surface area contributed by atoms with Gasteiger partial charge in [-0.25, -0.2) is 0 Å². The van der Waals surface area contributed by atoms with Crippen molar-refractivity contribution >= 4 is 6.08 Å². The molecule has 2 aromatic carbocycles. The Morgan fingerprint density at radius 3 is 2.25 bits per heavy atom. The largest absolute Gasteiger partial charge is 0.493 e. The van der Waals surface area contributed by atoms with Crippen LogP contribution >= 0.6 is 0 Å². The van der Waals surface area contributed by atoms with Gasteiger partial charge in [-0.15, -0.1) is 0 Å². The predicted molar refractivity (Wildman–Crippen MR) is 96.2 cm³/mol. The topological polar surface area (TPSA) is 36.9 Å². The zero-order valence-electron chi connectivity index (χ0n) is 14.0. The third-order valence-corrected chi connectivity index (χ3v) is 3.24. The Bertz CT molecular complexity index is 692. The van der Waals surface area contributed by atoms with E-state index in [1.165, 1.54) is 0 Å². The second kappa shape index (κ2) is 9.30. The highest BCUT2D eigenvalue weighted by molar-refractivity contribution is 5.56. The molecular formula is C20H22O4.